The van der Waals surface area contributed by atoms with E-state index in [4.69, 9.17) is 34.8 Å². The molecule has 0 aliphatic heterocycles. The van der Waals surface area contributed by atoms with Crippen LogP contribution in [0, 0.1) is 5.92 Å². The molecule has 0 heterocycles. The number of amides is 2. The lowest BCUT2D eigenvalue weighted by molar-refractivity contribution is -0.139. The van der Waals surface area contributed by atoms with Gasteiger partial charge in [-0.3, -0.25) is 9.59 Å². The number of carbonyl (C=O) groups excluding carboxylic acids is 2. The summed E-state index contributed by atoms with van der Waals surface area (Å²) in [5.41, 5.74) is 1.72. The minimum atomic E-state index is -0.589. The van der Waals surface area contributed by atoms with Crippen molar-refractivity contribution in [2.24, 2.45) is 5.92 Å². The Labute approximate surface area is 210 Å². The SMILES string of the molecule is CC[C@@H](C(=O)NCC(C)C)N(Cc1ccc(Cl)cc1Cl)C(=O)CSCc1ccccc1Cl. The van der Waals surface area contributed by atoms with Gasteiger partial charge in [-0.25, -0.2) is 0 Å². The van der Waals surface area contributed by atoms with Gasteiger partial charge in [-0.05, 0) is 41.7 Å². The van der Waals surface area contributed by atoms with E-state index >= 15 is 0 Å². The number of halogens is 3. The molecule has 0 aromatic heterocycles. The Morgan fingerprint density at radius 3 is 2.38 bits per heavy atom. The summed E-state index contributed by atoms with van der Waals surface area (Å²) in [5, 5.41) is 4.62. The smallest absolute Gasteiger partial charge is 0.242 e. The normalized spacial score (nSPS) is 12.0. The summed E-state index contributed by atoms with van der Waals surface area (Å²) in [7, 11) is 0. The van der Waals surface area contributed by atoms with Crippen LogP contribution >= 0.6 is 46.6 Å². The molecule has 1 atom stereocenters. The van der Waals surface area contributed by atoms with Gasteiger partial charge in [0.15, 0.2) is 0 Å². The summed E-state index contributed by atoms with van der Waals surface area (Å²) in [6, 6.07) is 12.2. The van der Waals surface area contributed by atoms with E-state index in [0.717, 1.165) is 11.1 Å². The number of benzene rings is 2. The molecule has 0 aliphatic carbocycles. The summed E-state index contributed by atoms with van der Waals surface area (Å²) < 4.78 is 0. The van der Waals surface area contributed by atoms with Gasteiger partial charge >= 0.3 is 0 Å². The average molecular weight is 516 g/mol. The summed E-state index contributed by atoms with van der Waals surface area (Å²) in [5.74, 6) is 0.870. The van der Waals surface area contributed by atoms with Crippen LogP contribution in [-0.2, 0) is 21.9 Å². The second-order valence-corrected chi connectivity index (χ2v) is 10.1. The molecule has 174 valence electrons. The second kappa shape index (κ2) is 13.3. The van der Waals surface area contributed by atoms with Crippen molar-refractivity contribution in [1.29, 1.82) is 0 Å². The first kappa shape index (κ1) is 26.8. The third-order valence-corrected chi connectivity index (χ3v) is 6.79. The van der Waals surface area contributed by atoms with Crippen molar-refractivity contribution >= 4 is 58.4 Å². The van der Waals surface area contributed by atoms with Crippen LogP contribution in [0.3, 0.4) is 0 Å². The molecule has 0 bridgehead atoms. The molecule has 2 aromatic carbocycles. The molecular formula is C24H29Cl3N2O2S. The van der Waals surface area contributed by atoms with Crippen molar-refractivity contribution in [3.05, 3.63) is 68.7 Å². The van der Waals surface area contributed by atoms with Gasteiger partial charge in [-0.15, -0.1) is 11.8 Å². The van der Waals surface area contributed by atoms with Gasteiger partial charge in [0.25, 0.3) is 0 Å². The lowest BCUT2D eigenvalue weighted by atomic mass is 10.1. The zero-order chi connectivity index (χ0) is 23.7. The van der Waals surface area contributed by atoms with E-state index < -0.39 is 6.04 Å². The molecule has 2 aromatic rings. The van der Waals surface area contributed by atoms with Gasteiger partial charge in [0.05, 0.1) is 5.75 Å². The van der Waals surface area contributed by atoms with Gasteiger partial charge in [-0.2, -0.15) is 0 Å². The fourth-order valence-corrected chi connectivity index (χ4v) is 4.79. The fraction of sp³-hybridized carbons (Fsp3) is 0.417. The van der Waals surface area contributed by atoms with Crippen molar-refractivity contribution in [2.75, 3.05) is 12.3 Å². The molecule has 4 nitrogen and oxygen atoms in total. The van der Waals surface area contributed by atoms with E-state index in [1.165, 1.54) is 11.8 Å². The zero-order valence-corrected chi connectivity index (χ0v) is 21.6. The van der Waals surface area contributed by atoms with Crippen LogP contribution in [0.4, 0.5) is 0 Å². The highest BCUT2D eigenvalue weighted by Crippen LogP contribution is 2.25. The molecule has 0 unspecified atom stereocenters. The van der Waals surface area contributed by atoms with Crippen LogP contribution in [0.1, 0.15) is 38.3 Å². The molecule has 2 amide bonds. The number of rotatable bonds is 11. The van der Waals surface area contributed by atoms with Crippen molar-refractivity contribution in [3.8, 4) is 0 Å². The predicted molar refractivity (Wildman–Crippen MR) is 137 cm³/mol. The lowest BCUT2D eigenvalue weighted by Gasteiger charge is -2.31. The highest BCUT2D eigenvalue weighted by Gasteiger charge is 2.29. The maximum atomic E-state index is 13.3. The second-order valence-electron chi connectivity index (χ2n) is 7.90. The van der Waals surface area contributed by atoms with Crippen LogP contribution < -0.4 is 5.32 Å². The molecule has 0 saturated heterocycles. The molecule has 2 rings (SSSR count). The molecule has 0 aliphatic rings. The minimum Gasteiger partial charge on any atom is -0.354 e. The van der Waals surface area contributed by atoms with E-state index in [2.05, 4.69) is 5.32 Å². The van der Waals surface area contributed by atoms with E-state index in [1.54, 1.807) is 23.1 Å². The summed E-state index contributed by atoms with van der Waals surface area (Å²) >= 11 is 20.1. The lowest BCUT2D eigenvalue weighted by Crippen LogP contribution is -2.50. The molecule has 0 fully saturated rings. The summed E-state index contributed by atoms with van der Waals surface area (Å²) in [4.78, 5) is 27.8. The van der Waals surface area contributed by atoms with Crippen LogP contribution in [0.25, 0.3) is 0 Å². The molecule has 32 heavy (non-hydrogen) atoms. The Kier molecular flexibility index (Phi) is 11.2. The highest BCUT2D eigenvalue weighted by atomic mass is 35.5. The molecule has 0 saturated carbocycles. The molecular weight excluding hydrogens is 487 g/mol. The van der Waals surface area contributed by atoms with Gasteiger partial charge in [0.1, 0.15) is 6.04 Å². The van der Waals surface area contributed by atoms with Crippen molar-refractivity contribution in [3.63, 3.8) is 0 Å². The third kappa shape index (κ3) is 8.18. The predicted octanol–water partition coefficient (Wildman–Crippen LogP) is 6.46. The third-order valence-electron chi connectivity index (χ3n) is 4.87. The first-order valence-electron chi connectivity index (χ1n) is 10.5. The standard InChI is InChI=1S/C24H29Cl3N2O2S/c1-4-22(24(31)28-12-16(2)3)29(13-17-9-10-19(25)11-21(17)27)23(30)15-32-14-18-7-5-6-8-20(18)26/h5-11,16,22H,4,12-15H2,1-3H3,(H,28,31)/t22-/m0/s1. The first-order valence-corrected chi connectivity index (χ1v) is 12.8. The highest BCUT2D eigenvalue weighted by molar-refractivity contribution is 7.99. The van der Waals surface area contributed by atoms with Crippen LogP contribution in [0.2, 0.25) is 15.1 Å². The number of nitrogens with zero attached hydrogens (tertiary/aromatic N) is 1. The number of hydrogen-bond donors (Lipinski definition) is 1. The average Bonchev–Trinajstić information content (AvgIpc) is 2.74. The number of thioether (sulfide) groups is 1. The maximum absolute atomic E-state index is 13.3. The molecule has 0 radical (unpaired) electrons. The van der Waals surface area contributed by atoms with Crippen molar-refractivity contribution in [1.82, 2.24) is 10.2 Å². The van der Waals surface area contributed by atoms with Gasteiger partial charge < -0.3 is 10.2 Å². The van der Waals surface area contributed by atoms with Crippen LogP contribution in [0.5, 0.6) is 0 Å². The summed E-state index contributed by atoms with van der Waals surface area (Å²) in [6.45, 7) is 6.75. The Morgan fingerprint density at radius 1 is 1.03 bits per heavy atom. The van der Waals surface area contributed by atoms with E-state index in [9.17, 15) is 9.59 Å². The van der Waals surface area contributed by atoms with Gasteiger partial charge in [-0.1, -0.05) is 79.8 Å². The zero-order valence-electron chi connectivity index (χ0n) is 18.5. The Hall–Kier alpha value is -1.40. The largest absolute Gasteiger partial charge is 0.354 e. The minimum absolute atomic E-state index is 0.125. The van der Waals surface area contributed by atoms with Crippen molar-refractivity contribution < 1.29 is 9.59 Å². The quantitative estimate of drug-likeness (QED) is 0.373. The first-order chi connectivity index (χ1) is 15.2. The Morgan fingerprint density at radius 2 is 1.75 bits per heavy atom. The Bertz CT molecular complexity index is 924. The Balaban J connectivity index is 2.18. The van der Waals surface area contributed by atoms with Gasteiger partial charge in [0, 0.05) is 33.9 Å². The van der Waals surface area contributed by atoms with Crippen molar-refractivity contribution in [2.45, 2.75) is 45.5 Å². The van der Waals surface area contributed by atoms with Crippen LogP contribution in [0.15, 0.2) is 42.5 Å². The maximum Gasteiger partial charge on any atom is 0.242 e. The number of nitrogens with one attached hydrogen (secondary N) is 1. The van der Waals surface area contributed by atoms with Gasteiger partial charge in [0.2, 0.25) is 11.8 Å². The monoisotopic (exact) mass is 514 g/mol. The number of carbonyl (C=O) groups is 2. The summed E-state index contributed by atoms with van der Waals surface area (Å²) in [6.07, 6.45) is 0.496. The fourth-order valence-electron chi connectivity index (χ4n) is 3.12. The number of hydrogen-bond acceptors (Lipinski definition) is 3. The molecule has 8 heteroatoms. The van der Waals surface area contributed by atoms with E-state index in [-0.39, 0.29) is 24.1 Å². The van der Waals surface area contributed by atoms with E-state index in [1.807, 2.05) is 45.0 Å². The van der Waals surface area contributed by atoms with Crippen LogP contribution in [-0.4, -0.2) is 35.1 Å². The molecule has 1 N–H and O–H groups in total. The van der Waals surface area contributed by atoms with E-state index in [0.29, 0.717) is 39.7 Å². The topological polar surface area (TPSA) is 49.4 Å². The molecule has 0 spiro atoms.